The number of benzene rings is 1. The second kappa shape index (κ2) is 7.02. The zero-order valence-corrected chi connectivity index (χ0v) is 13.4. The molecule has 0 spiro atoms. The molecule has 20 heavy (non-hydrogen) atoms. The van der Waals surface area contributed by atoms with Crippen LogP contribution >= 0.6 is 27.5 Å². The first-order valence-electron chi connectivity index (χ1n) is 6.28. The van der Waals surface area contributed by atoms with Crippen LogP contribution in [0.25, 0.3) is 0 Å². The maximum atomic E-state index is 6.07. The maximum Gasteiger partial charge on any atom is 0.321 e. The molecule has 0 fully saturated rings. The minimum Gasteiger partial charge on any atom is -0.423 e. The van der Waals surface area contributed by atoms with Crippen LogP contribution in [0.1, 0.15) is 18.9 Å². The molecule has 1 atom stereocenters. The molecule has 0 amide bonds. The largest absolute Gasteiger partial charge is 0.423 e. The second-order valence-corrected chi connectivity index (χ2v) is 5.75. The average Bonchev–Trinajstić information content (AvgIpc) is 2.44. The molecule has 0 bridgehead atoms. The van der Waals surface area contributed by atoms with Gasteiger partial charge in [0.15, 0.2) is 0 Å². The van der Waals surface area contributed by atoms with Gasteiger partial charge in [-0.25, -0.2) is 9.97 Å². The number of nitrogens with zero attached hydrogens (tertiary/aromatic N) is 2. The van der Waals surface area contributed by atoms with E-state index < -0.39 is 0 Å². The van der Waals surface area contributed by atoms with Crippen LogP contribution in [0.3, 0.4) is 0 Å². The van der Waals surface area contributed by atoms with E-state index in [2.05, 4.69) is 32.8 Å². The lowest BCUT2D eigenvalue weighted by molar-refractivity contribution is 0.440. The number of rotatable bonds is 5. The molecule has 1 unspecified atom stereocenters. The van der Waals surface area contributed by atoms with Gasteiger partial charge in [-0.05, 0) is 36.6 Å². The van der Waals surface area contributed by atoms with Crippen molar-refractivity contribution in [3.63, 3.8) is 0 Å². The van der Waals surface area contributed by atoms with Crippen LogP contribution in [-0.4, -0.2) is 16.0 Å². The molecule has 0 aliphatic rings. The fourth-order valence-electron chi connectivity index (χ4n) is 1.60. The Kier molecular flexibility index (Phi) is 5.34. The van der Waals surface area contributed by atoms with E-state index in [1.54, 1.807) is 24.5 Å². The highest BCUT2D eigenvalue weighted by Gasteiger charge is 2.07. The van der Waals surface area contributed by atoms with Crippen LogP contribution in [0, 0.1) is 0 Å². The summed E-state index contributed by atoms with van der Waals surface area (Å²) in [5, 5.41) is 0.500. The highest BCUT2D eigenvalue weighted by molar-refractivity contribution is 9.10. The Labute approximate surface area is 131 Å². The summed E-state index contributed by atoms with van der Waals surface area (Å²) in [5.74, 6) is 0.521. The lowest BCUT2D eigenvalue weighted by atomic mass is 10.1. The van der Waals surface area contributed by atoms with Gasteiger partial charge in [0.1, 0.15) is 5.75 Å². The van der Waals surface area contributed by atoms with E-state index in [1.165, 1.54) is 0 Å². The Bertz CT molecular complexity index is 577. The SMILES string of the molecule is CCC(N)Cc1cnc(Oc2ccc(Br)cc2Cl)nc1. The Hall–Kier alpha value is -1.17. The fourth-order valence-corrected chi connectivity index (χ4v) is 2.32. The van der Waals surface area contributed by atoms with E-state index >= 15 is 0 Å². The highest BCUT2D eigenvalue weighted by Crippen LogP contribution is 2.30. The predicted molar refractivity (Wildman–Crippen MR) is 83.2 cm³/mol. The van der Waals surface area contributed by atoms with Crippen molar-refractivity contribution in [3.05, 3.63) is 45.7 Å². The molecule has 2 N–H and O–H groups in total. The third kappa shape index (κ3) is 4.16. The van der Waals surface area contributed by atoms with Crippen LogP contribution in [0.4, 0.5) is 0 Å². The van der Waals surface area contributed by atoms with Crippen LogP contribution in [-0.2, 0) is 6.42 Å². The van der Waals surface area contributed by atoms with Gasteiger partial charge < -0.3 is 10.5 Å². The van der Waals surface area contributed by atoms with Gasteiger partial charge in [0, 0.05) is 22.9 Å². The van der Waals surface area contributed by atoms with E-state index in [4.69, 9.17) is 22.1 Å². The van der Waals surface area contributed by atoms with E-state index in [0.717, 1.165) is 22.9 Å². The summed E-state index contributed by atoms with van der Waals surface area (Å²) in [6.07, 6.45) is 5.14. The van der Waals surface area contributed by atoms with Crippen molar-refractivity contribution in [2.45, 2.75) is 25.8 Å². The molecule has 4 nitrogen and oxygen atoms in total. The van der Waals surface area contributed by atoms with E-state index in [9.17, 15) is 0 Å². The summed E-state index contributed by atoms with van der Waals surface area (Å²) in [5.41, 5.74) is 6.89. The average molecular weight is 357 g/mol. The minimum absolute atomic E-state index is 0.131. The first-order valence-corrected chi connectivity index (χ1v) is 7.45. The quantitative estimate of drug-likeness (QED) is 0.880. The van der Waals surface area contributed by atoms with Crippen LogP contribution in [0.2, 0.25) is 5.02 Å². The van der Waals surface area contributed by atoms with Crippen molar-refractivity contribution in [3.8, 4) is 11.8 Å². The van der Waals surface area contributed by atoms with Crippen molar-refractivity contribution >= 4 is 27.5 Å². The van der Waals surface area contributed by atoms with Crippen molar-refractivity contribution < 1.29 is 4.74 Å². The third-order valence-corrected chi connectivity index (χ3v) is 3.59. The molecule has 2 aromatic rings. The zero-order chi connectivity index (χ0) is 14.5. The molecule has 1 aromatic carbocycles. The standard InChI is InChI=1S/C14H15BrClN3O/c1-2-11(17)5-9-7-18-14(19-8-9)20-13-4-3-10(15)6-12(13)16/h3-4,6-8,11H,2,5,17H2,1H3. The molecule has 6 heteroatoms. The topological polar surface area (TPSA) is 61.0 Å². The van der Waals surface area contributed by atoms with Gasteiger partial charge in [-0.15, -0.1) is 0 Å². The smallest absolute Gasteiger partial charge is 0.321 e. The van der Waals surface area contributed by atoms with Gasteiger partial charge in [-0.2, -0.15) is 0 Å². The molecule has 0 saturated carbocycles. The molecule has 0 radical (unpaired) electrons. The number of halogens is 2. The molecule has 0 saturated heterocycles. The number of hydrogen-bond donors (Lipinski definition) is 1. The van der Waals surface area contributed by atoms with Crippen molar-refractivity contribution in [2.75, 3.05) is 0 Å². The summed E-state index contributed by atoms with van der Waals surface area (Å²) in [6, 6.07) is 5.76. The number of hydrogen-bond acceptors (Lipinski definition) is 4. The normalized spacial score (nSPS) is 12.2. The van der Waals surface area contributed by atoms with E-state index in [-0.39, 0.29) is 12.1 Å². The summed E-state index contributed by atoms with van der Waals surface area (Å²) >= 11 is 9.41. The van der Waals surface area contributed by atoms with Gasteiger partial charge in [0.05, 0.1) is 5.02 Å². The molecule has 106 valence electrons. The van der Waals surface area contributed by atoms with Gasteiger partial charge in [-0.3, -0.25) is 0 Å². The Balaban J connectivity index is 2.07. The van der Waals surface area contributed by atoms with Gasteiger partial charge in [0.2, 0.25) is 0 Å². The second-order valence-electron chi connectivity index (χ2n) is 4.42. The van der Waals surface area contributed by atoms with Crippen LogP contribution < -0.4 is 10.5 Å². The van der Waals surface area contributed by atoms with Crippen LogP contribution in [0.15, 0.2) is 35.1 Å². The molecule has 1 aromatic heterocycles. The molecule has 1 heterocycles. The van der Waals surface area contributed by atoms with Crippen LogP contribution in [0.5, 0.6) is 11.8 Å². The Morgan fingerprint density at radius 2 is 2.05 bits per heavy atom. The summed E-state index contributed by atoms with van der Waals surface area (Å²) < 4.78 is 6.43. The lowest BCUT2D eigenvalue weighted by Gasteiger charge is -2.09. The number of aromatic nitrogens is 2. The molecular weight excluding hydrogens is 342 g/mol. The monoisotopic (exact) mass is 355 g/mol. The summed E-state index contributed by atoms with van der Waals surface area (Å²) in [4.78, 5) is 8.33. The Morgan fingerprint density at radius 3 is 2.65 bits per heavy atom. The molecule has 2 rings (SSSR count). The lowest BCUT2D eigenvalue weighted by Crippen LogP contribution is -2.21. The van der Waals surface area contributed by atoms with Crippen molar-refractivity contribution in [2.24, 2.45) is 5.73 Å². The first kappa shape index (κ1) is 15.2. The van der Waals surface area contributed by atoms with Gasteiger partial charge in [0.25, 0.3) is 0 Å². The molecule has 0 aliphatic heterocycles. The fraction of sp³-hybridized carbons (Fsp3) is 0.286. The van der Waals surface area contributed by atoms with Crippen molar-refractivity contribution in [1.29, 1.82) is 0 Å². The summed E-state index contributed by atoms with van der Waals surface area (Å²) in [7, 11) is 0. The number of ether oxygens (including phenoxy) is 1. The van der Waals surface area contributed by atoms with Gasteiger partial charge >= 0.3 is 6.01 Å². The predicted octanol–water partition coefficient (Wildman–Crippen LogP) is 3.96. The summed E-state index contributed by atoms with van der Waals surface area (Å²) in [6.45, 7) is 2.05. The van der Waals surface area contributed by atoms with Crippen molar-refractivity contribution in [1.82, 2.24) is 9.97 Å². The molecular formula is C14H15BrClN3O. The third-order valence-electron chi connectivity index (χ3n) is 2.80. The maximum absolute atomic E-state index is 6.07. The zero-order valence-electron chi connectivity index (χ0n) is 11.0. The first-order chi connectivity index (χ1) is 9.58. The Morgan fingerprint density at radius 1 is 1.35 bits per heavy atom. The van der Waals surface area contributed by atoms with E-state index in [1.807, 2.05) is 6.07 Å². The highest BCUT2D eigenvalue weighted by atomic mass is 79.9. The number of nitrogens with two attached hydrogens (primary N) is 1. The van der Waals surface area contributed by atoms with E-state index in [0.29, 0.717) is 10.8 Å². The molecule has 0 aliphatic carbocycles. The van der Waals surface area contributed by atoms with Gasteiger partial charge in [-0.1, -0.05) is 34.5 Å². The minimum atomic E-state index is 0.131.